The van der Waals surface area contributed by atoms with Crippen LogP contribution in [0, 0.1) is 0 Å². The molecule has 0 aliphatic carbocycles. The zero-order valence-corrected chi connectivity index (χ0v) is 9.70. The van der Waals surface area contributed by atoms with E-state index in [-0.39, 0.29) is 0 Å². The van der Waals surface area contributed by atoms with Gasteiger partial charge >= 0.3 is 0 Å². The molecule has 1 rings (SSSR count). The number of halogens is 1. The summed E-state index contributed by atoms with van der Waals surface area (Å²) in [6.45, 7) is 4.91. The van der Waals surface area contributed by atoms with E-state index in [1.54, 1.807) is 11.3 Å². The van der Waals surface area contributed by atoms with Crippen LogP contribution in [0.25, 0.3) is 0 Å². The number of thiazole rings is 1. The maximum atomic E-state index is 5.56. The minimum Gasteiger partial charge on any atom is -0.330 e. The molecule has 0 aromatic carbocycles. The van der Waals surface area contributed by atoms with E-state index >= 15 is 0 Å². The van der Waals surface area contributed by atoms with E-state index in [0.29, 0.717) is 12.5 Å². The molecule has 0 saturated heterocycles. The molecule has 1 aromatic heterocycles. The zero-order chi connectivity index (χ0) is 9.14. The Hall–Kier alpha value is 0.0700. The maximum absolute atomic E-state index is 5.56. The molecule has 0 aliphatic rings. The van der Waals surface area contributed by atoms with Gasteiger partial charge in [0.2, 0.25) is 0 Å². The van der Waals surface area contributed by atoms with Crippen LogP contribution >= 0.6 is 27.3 Å². The molecule has 2 N–H and O–H groups in total. The number of nitrogens with two attached hydrogens (primary N) is 1. The Morgan fingerprint density at radius 1 is 1.67 bits per heavy atom. The van der Waals surface area contributed by atoms with Gasteiger partial charge in [-0.1, -0.05) is 13.8 Å². The van der Waals surface area contributed by atoms with Gasteiger partial charge in [-0.3, -0.25) is 0 Å². The van der Waals surface area contributed by atoms with E-state index in [9.17, 15) is 0 Å². The molecular formula is C8H13BrN2S. The molecule has 0 fully saturated rings. The maximum Gasteiger partial charge on any atom is 0.120 e. The first kappa shape index (κ1) is 10.2. The highest BCUT2D eigenvalue weighted by Crippen LogP contribution is 2.28. The van der Waals surface area contributed by atoms with Gasteiger partial charge in [0.15, 0.2) is 0 Å². The van der Waals surface area contributed by atoms with E-state index < -0.39 is 0 Å². The van der Waals surface area contributed by atoms with Crippen molar-refractivity contribution in [1.29, 1.82) is 0 Å². The fourth-order valence-electron chi connectivity index (χ4n) is 0.880. The van der Waals surface area contributed by atoms with Gasteiger partial charge in [-0.25, -0.2) is 4.98 Å². The van der Waals surface area contributed by atoms with Gasteiger partial charge in [0, 0.05) is 17.3 Å². The van der Waals surface area contributed by atoms with Gasteiger partial charge in [-0.2, -0.15) is 0 Å². The SMILES string of the molecule is CCc1sc(C(C)CN)nc1Br. The van der Waals surface area contributed by atoms with Crippen LogP contribution in [0.1, 0.15) is 29.7 Å². The Labute approximate surface area is 85.3 Å². The van der Waals surface area contributed by atoms with E-state index in [2.05, 4.69) is 34.8 Å². The molecule has 1 heterocycles. The van der Waals surface area contributed by atoms with Crippen molar-refractivity contribution in [2.45, 2.75) is 26.2 Å². The van der Waals surface area contributed by atoms with Crippen LogP contribution in [-0.4, -0.2) is 11.5 Å². The molecule has 0 aliphatic heterocycles. The van der Waals surface area contributed by atoms with Crippen molar-refractivity contribution in [3.05, 3.63) is 14.5 Å². The summed E-state index contributed by atoms with van der Waals surface area (Å²) in [7, 11) is 0. The molecule has 12 heavy (non-hydrogen) atoms. The van der Waals surface area contributed by atoms with Gasteiger partial charge in [-0.05, 0) is 22.4 Å². The molecule has 2 nitrogen and oxygen atoms in total. The second-order valence-electron chi connectivity index (χ2n) is 2.76. The number of aromatic nitrogens is 1. The number of hydrogen-bond donors (Lipinski definition) is 1. The first-order valence-corrected chi connectivity index (χ1v) is 5.65. The third kappa shape index (κ3) is 2.06. The summed E-state index contributed by atoms with van der Waals surface area (Å²) in [6.07, 6.45) is 1.04. The van der Waals surface area contributed by atoms with Crippen LogP contribution in [0.3, 0.4) is 0 Å². The fraction of sp³-hybridized carbons (Fsp3) is 0.625. The number of rotatable bonds is 3. The van der Waals surface area contributed by atoms with Crippen molar-refractivity contribution in [3.63, 3.8) is 0 Å². The summed E-state index contributed by atoms with van der Waals surface area (Å²) in [6, 6.07) is 0. The second kappa shape index (κ2) is 4.35. The molecule has 68 valence electrons. The van der Waals surface area contributed by atoms with Gasteiger partial charge < -0.3 is 5.73 Å². The highest BCUT2D eigenvalue weighted by Gasteiger charge is 2.11. The van der Waals surface area contributed by atoms with Crippen molar-refractivity contribution in [1.82, 2.24) is 4.98 Å². The summed E-state index contributed by atoms with van der Waals surface area (Å²) in [5.41, 5.74) is 5.56. The third-order valence-corrected chi connectivity index (χ3v) is 4.11. The molecule has 1 atom stereocenters. The van der Waals surface area contributed by atoms with E-state index in [1.165, 1.54) is 4.88 Å². The van der Waals surface area contributed by atoms with Crippen LogP contribution in [-0.2, 0) is 6.42 Å². The van der Waals surface area contributed by atoms with Gasteiger partial charge in [-0.15, -0.1) is 11.3 Å². The van der Waals surface area contributed by atoms with Gasteiger partial charge in [0.1, 0.15) is 4.60 Å². The Kier molecular flexibility index (Phi) is 3.68. The summed E-state index contributed by atoms with van der Waals surface area (Å²) in [4.78, 5) is 5.72. The minimum absolute atomic E-state index is 0.381. The molecule has 0 amide bonds. The van der Waals surface area contributed by atoms with Crippen LogP contribution in [0.15, 0.2) is 4.60 Å². The Morgan fingerprint density at radius 3 is 2.75 bits per heavy atom. The summed E-state index contributed by atoms with van der Waals surface area (Å²) >= 11 is 5.19. The highest BCUT2D eigenvalue weighted by atomic mass is 79.9. The van der Waals surface area contributed by atoms with E-state index in [0.717, 1.165) is 16.0 Å². The van der Waals surface area contributed by atoms with E-state index in [1.807, 2.05) is 0 Å². The lowest BCUT2D eigenvalue weighted by molar-refractivity contribution is 0.764. The standard InChI is InChI=1S/C8H13BrN2S/c1-3-6-7(9)11-8(12-6)5(2)4-10/h5H,3-4,10H2,1-2H3. The quantitative estimate of drug-likeness (QED) is 0.894. The van der Waals surface area contributed by atoms with Crippen LogP contribution < -0.4 is 5.73 Å². The normalized spacial score (nSPS) is 13.3. The Balaban J connectivity index is 2.88. The van der Waals surface area contributed by atoms with Gasteiger partial charge in [0.05, 0.1) is 5.01 Å². The lowest BCUT2D eigenvalue weighted by Gasteiger charge is -2.01. The molecule has 4 heteroatoms. The molecule has 0 spiro atoms. The first-order chi connectivity index (χ1) is 5.69. The van der Waals surface area contributed by atoms with Crippen molar-refractivity contribution in [2.75, 3.05) is 6.54 Å². The van der Waals surface area contributed by atoms with Crippen LogP contribution in [0.5, 0.6) is 0 Å². The molecular weight excluding hydrogens is 236 g/mol. The van der Waals surface area contributed by atoms with Crippen molar-refractivity contribution >= 4 is 27.3 Å². The fourth-order valence-corrected chi connectivity index (χ4v) is 2.67. The highest BCUT2D eigenvalue weighted by molar-refractivity contribution is 9.10. The van der Waals surface area contributed by atoms with Crippen LogP contribution in [0.4, 0.5) is 0 Å². The molecule has 0 radical (unpaired) electrons. The lowest BCUT2D eigenvalue weighted by atomic mass is 10.2. The lowest BCUT2D eigenvalue weighted by Crippen LogP contribution is -2.08. The monoisotopic (exact) mass is 248 g/mol. The predicted molar refractivity (Wildman–Crippen MR) is 56.7 cm³/mol. The summed E-state index contributed by atoms with van der Waals surface area (Å²) < 4.78 is 0.991. The smallest absolute Gasteiger partial charge is 0.120 e. The average molecular weight is 249 g/mol. The van der Waals surface area contributed by atoms with Gasteiger partial charge in [0.25, 0.3) is 0 Å². The number of hydrogen-bond acceptors (Lipinski definition) is 3. The largest absolute Gasteiger partial charge is 0.330 e. The zero-order valence-electron chi connectivity index (χ0n) is 7.30. The van der Waals surface area contributed by atoms with Crippen molar-refractivity contribution in [2.24, 2.45) is 5.73 Å². The van der Waals surface area contributed by atoms with E-state index in [4.69, 9.17) is 5.73 Å². The molecule has 1 aromatic rings. The summed E-state index contributed by atoms with van der Waals surface area (Å²) in [5, 5.41) is 1.14. The Morgan fingerprint density at radius 2 is 2.33 bits per heavy atom. The number of aryl methyl sites for hydroxylation is 1. The van der Waals surface area contributed by atoms with Crippen molar-refractivity contribution in [3.8, 4) is 0 Å². The minimum atomic E-state index is 0.381. The molecule has 1 unspecified atom stereocenters. The topological polar surface area (TPSA) is 38.9 Å². The molecule has 0 saturated carbocycles. The van der Waals surface area contributed by atoms with Crippen LogP contribution in [0.2, 0.25) is 0 Å². The second-order valence-corrected chi connectivity index (χ2v) is 4.62. The average Bonchev–Trinajstić information content (AvgIpc) is 2.45. The third-order valence-electron chi connectivity index (χ3n) is 1.76. The number of nitrogens with zero attached hydrogens (tertiary/aromatic N) is 1. The predicted octanol–water partition coefficient (Wildman–Crippen LogP) is 2.53. The molecule has 0 bridgehead atoms. The van der Waals surface area contributed by atoms with Crippen molar-refractivity contribution < 1.29 is 0 Å². The summed E-state index contributed by atoms with van der Waals surface area (Å²) in [5.74, 6) is 0.381. The first-order valence-electron chi connectivity index (χ1n) is 4.04. The Bertz CT molecular complexity index is 260.